The molecule has 2 atom stereocenters. The highest BCUT2D eigenvalue weighted by Crippen LogP contribution is 2.27. The number of amides is 1. The summed E-state index contributed by atoms with van der Waals surface area (Å²) in [5.41, 5.74) is 0. The van der Waals surface area contributed by atoms with E-state index in [0.29, 0.717) is 19.1 Å². The van der Waals surface area contributed by atoms with Crippen LogP contribution < -0.4 is 5.32 Å². The molecule has 0 radical (unpaired) electrons. The Morgan fingerprint density at radius 1 is 1.47 bits per heavy atom. The van der Waals surface area contributed by atoms with E-state index in [0.717, 1.165) is 12.8 Å². The van der Waals surface area contributed by atoms with Crippen LogP contribution in [0, 0.1) is 5.92 Å². The third-order valence-corrected chi connectivity index (χ3v) is 3.39. The number of hydrogen-bond acceptors (Lipinski definition) is 2. The molecule has 0 aromatic heterocycles. The molecule has 0 aliphatic heterocycles. The second-order valence-corrected chi connectivity index (χ2v) is 4.56. The lowest BCUT2D eigenvalue weighted by molar-refractivity contribution is -0.125. The zero-order valence-corrected chi connectivity index (χ0v) is 10.1. The van der Waals surface area contributed by atoms with Crippen LogP contribution in [0.3, 0.4) is 0 Å². The number of rotatable bonds is 5. The van der Waals surface area contributed by atoms with Crippen molar-refractivity contribution in [1.82, 2.24) is 5.32 Å². The van der Waals surface area contributed by atoms with Crippen LogP contribution >= 0.6 is 11.6 Å². The summed E-state index contributed by atoms with van der Waals surface area (Å²) in [5, 5.41) is 3.10. The molecule has 1 rings (SSSR count). The van der Waals surface area contributed by atoms with Gasteiger partial charge in [0.2, 0.25) is 5.91 Å². The quantitative estimate of drug-likeness (QED) is 0.737. The van der Waals surface area contributed by atoms with Crippen molar-refractivity contribution in [3.05, 3.63) is 0 Å². The minimum absolute atomic E-state index is 0.0358. The van der Waals surface area contributed by atoms with Crippen LogP contribution in [0.2, 0.25) is 0 Å². The molecule has 0 aromatic carbocycles. The summed E-state index contributed by atoms with van der Waals surface area (Å²) in [6.07, 6.45) is 4.66. The van der Waals surface area contributed by atoms with E-state index in [1.165, 1.54) is 12.8 Å². The lowest BCUT2D eigenvalue weighted by Crippen LogP contribution is -2.36. The van der Waals surface area contributed by atoms with Gasteiger partial charge in [-0.1, -0.05) is 12.8 Å². The Morgan fingerprint density at radius 3 is 2.87 bits per heavy atom. The molecule has 0 heterocycles. The molecule has 3 nitrogen and oxygen atoms in total. The second-order valence-electron chi connectivity index (χ2n) is 4.00. The van der Waals surface area contributed by atoms with Crippen LogP contribution in [0.5, 0.6) is 0 Å². The first-order valence-electron chi connectivity index (χ1n) is 5.72. The van der Waals surface area contributed by atoms with E-state index in [1.54, 1.807) is 0 Å². The molecule has 2 unspecified atom stereocenters. The molecule has 1 aliphatic rings. The van der Waals surface area contributed by atoms with Gasteiger partial charge in [-0.2, -0.15) is 0 Å². The average molecular weight is 234 g/mol. The topological polar surface area (TPSA) is 38.3 Å². The van der Waals surface area contributed by atoms with Gasteiger partial charge in [0, 0.05) is 18.5 Å². The summed E-state index contributed by atoms with van der Waals surface area (Å²) < 4.78 is 5.02. The monoisotopic (exact) mass is 233 g/mol. The average Bonchev–Trinajstić information content (AvgIpc) is 2.25. The molecule has 0 saturated heterocycles. The largest absolute Gasteiger partial charge is 0.372 e. The normalized spacial score (nSPS) is 26.3. The molecule has 0 spiro atoms. The molecule has 1 N–H and O–H groups in total. The number of nitrogens with one attached hydrogen (secondary N) is 1. The number of halogens is 1. The zero-order valence-electron chi connectivity index (χ0n) is 9.30. The van der Waals surface area contributed by atoms with Gasteiger partial charge in [0.15, 0.2) is 0 Å². The number of hydrogen-bond donors (Lipinski definition) is 1. The maximum Gasteiger partial charge on any atom is 0.246 e. The third kappa shape index (κ3) is 4.85. The second kappa shape index (κ2) is 7.07. The van der Waals surface area contributed by atoms with Crippen LogP contribution in [0.1, 0.15) is 32.6 Å². The highest BCUT2D eigenvalue weighted by molar-refractivity contribution is 6.20. The Morgan fingerprint density at radius 2 is 2.20 bits per heavy atom. The van der Waals surface area contributed by atoms with Gasteiger partial charge in [-0.25, -0.2) is 0 Å². The van der Waals surface area contributed by atoms with Crippen molar-refractivity contribution in [3.63, 3.8) is 0 Å². The molecule has 1 saturated carbocycles. The van der Waals surface area contributed by atoms with Crippen LogP contribution in [0.4, 0.5) is 0 Å². The Hall–Kier alpha value is -0.280. The van der Waals surface area contributed by atoms with Crippen molar-refractivity contribution in [1.29, 1.82) is 0 Å². The van der Waals surface area contributed by atoms with Gasteiger partial charge in [-0.05, 0) is 25.7 Å². The van der Waals surface area contributed by atoms with Crippen LogP contribution in [0.15, 0.2) is 0 Å². The molecule has 4 heteroatoms. The molecule has 1 aliphatic carbocycles. The molecule has 1 amide bonds. The molecule has 15 heavy (non-hydrogen) atoms. The molecule has 88 valence electrons. The van der Waals surface area contributed by atoms with Crippen LogP contribution in [0.25, 0.3) is 0 Å². The van der Waals surface area contributed by atoms with E-state index >= 15 is 0 Å². The van der Waals surface area contributed by atoms with Crippen molar-refractivity contribution in [3.8, 4) is 0 Å². The highest BCUT2D eigenvalue weighted by atomic mass is 35.5. The fraction of sp³-hybridized carbons (Fsp3) is 0.909. The van der Waals surface area contributed by atoms with E-state index in [9.17, 15) is 4.79 Å². The van der Waals surface area contributed by atoms with Gasteiger partial charge in [-0.3, -0.25) is 4.79 Å². The minimum atomic E-state index is -0.0358. The van der Waals surface area contributed by atoms with Crippen molar-refractivity contribution in [2.24, 2.45) is 5.92 Å². The molecular weight excluding hydrogens is 214 g/mol. The predicted molar refractivity (Wildman–Crippen MR) is 61.1 cm³/mol. The molecule has 0 bridgehead atoms. The van der Waals surface area contributed by atoms with Gasteiger partial charge in [0.05, 0.1) is 0 Å². The molecule has 0 aromatic rings. The van der Waals surface area contributed by atoms with Gasteiger partial charge < -0.3 is 10.1 Å². The fourth-order valence-electron chi connectivity index (χ4n) is 1.88. The summed E-state index contributed by atoms with van der Waals surface area (Å²) in [6.45, 7) is 3.31. The highest BCUT2D eigenvalue weighted by Gasteiger charge is 2.23. The van der Waals surface area contributed by atoms with Crippen LogP contribution in [-0.2, 0) is 9.53 Å². The smallest absolute Gasteiger partial charge is 0.246 e. The Kier molecular flexibility index (Phi) is 6.03. The Balaban J connectivity index is 2.14. The number of ether oxygens (including phenoxy) is 1. The summed E-state index contributed by atoms with van der Waals surface area (Å²) in [7, 11) is 0. The van der Waals surface area contributed by atoms with Gasteiger partial charge in [0.25, 0.3) is 0 Å². The van der Waals surface area contributed by atoms with Crippen LogP contribution in [-0.4, -0.2) is 31.0 Å². The lowest BCUT2D eigenvalue weighted by Gasteiger charge is -2.27. The van der Waals surface area contributed by atoms with E-state index in [-0.39, 0.29) is 17.9 Å². The number of carbonyl (C=O) groups excluding carboxylic acids is 1. The summed E-state index contributed by atoms with van der Waals surface area (Å²) >= 11 is 6.19. The SMILES string of the molecule is CCOCC(=O)NCC1CCCCC1Cl. The predicted octanol–water partition coefficient (Wildman–Crippen LogP) is 1.94. The molecular formula is C11H20ClNO2. The standard InChI is InChI=1S/C11H20ClNO2/c1-2-15-8-11(14)13-7-9-5-3-4-6-10(9)12/h9-10H,2-8H2,1H3,(H,13,14). The van der Waals surface area contributed by atoms with E-state index in [2.05, 4.69) is 5.32 Å². The summed E-state index contributed by atoms with van der Waals surface area (Å²) in [5.74, 6) is 0.400. The summed E-state index contributed by atoms with van der Waals surface area (Å²) in [6, 6.07) is 0. The fourth-order valence-corrected chi connectivity index (χ4v) is 2.25. The van der Waals surface area contributed by atoms with E-state index in [1.807, 2.05) is 6.92 Å². The maximum atomic E-state index is 11.3. The third-order valence-electron chi connectivity index (χ3n) is 2.82. The first-order chi connectivity index (χ1) is 7.24. The first kappa shape index (κ1) is 12.8. The van der Waals surface area contributed by atoms with Crippen molar-refractivity contribution >= 4 is 17.5 Å². The minimum Gasteiger partial charge on any atom is -0.372 e. The Bertz CT molecular complexity index is 199. The molecule has 1 fully saturated rings. The zero-order chi connectivity index (χ0) is 11.1. The van der Waals surface area contributed by atoms with Gasteiger partial charge in [-0.15, -0.1) is 11.6 Å². The van der Waals surface area contributed by atoms with Crippen molar-refractivity contribution in [2.75, 3.05) is 19.8 Å². The van der Waals surface area contributed by atoms with E-state index < -0.39 is 0 Å². The Labute approximate surface area is 96.5 Å². The summed E-state index contributed by atoms with van der Waals surface area (Å²) in [4.78, 5) is 11.3. The number of alkyl halides is 1. The number of carbonyl (C=O) groups is 1. The van der Waals surface area contributed by atoms with Crippen molar-refractivity contribution in [2.45, 2.75) is 38.0 Å². The van der Waals surface area contributed by atoms with E-state index in [4.69, 9.17) is 16.3 Å². The van der Waals surface area contributed by atoms with Crippen molar-refractivity contribution < 1.29 is 9.53 Å². The van der Waals surface area contributed by atoms with Gasteiger partial charge in [0.1, 0.15) is 6.61 Å². The lowest BCUT2D eigenvalue weighted by atomic mass is 9.89. The van der Waals surface area contributed by atoms with Gasteiger partial charge >= 0.3 is 0 Å². The maximum absolute atomic E-state index is 11.3. The first-order valence-corrected chi connectivity index (χ1v) is 6.16.